The van der Waals surface area contributed by atoms with Crippen molar-refractivity contribution in [3.8, 4) is 0 Å². The summed E-state index contributed by atoms with van der Waals surface area (Å²) >= 11 is 0. The number of aromatic amines is 2. The van der Waals surface area contributed by atoms with Gasteiger partial charge in [0.25, 0.3) is 5.69 Å². The number of non-ortho nitro benzene ring substituents is 1. The van der Waals surface area contributed by atoms with E-state index in [0.29, 0.717) is 22.8 Å². The lowest BCUT2D eigenvalue weighted by Crippen LogP contribution is -2.09. The van der Waals surface area contributed by atoms with Crippen LogP contribution in [-0.2, 0) is 0 Å². The third-order valence-electron chi connectivity index (χ3n) is 2.78. The molecule has 0 aliphatic rings. The third kappa shape index (κ3) is 2.13. The Morgan fingerprint density at radius 1 is 1.45 bits per heavy atom. The Morgan fingerprint density at radius 2 is 2.30 bits per heavy atom. The topological polar surface area (TPSA) is 138 Å². The highest BCUT2D eigenvalue weighted by molar-refractivity contribution is 5.79. The lowest BCUT2D eigenvalue weighted by Gasteiger charge is -2.07. The molecule has 0 aliphatic heterocycles. The average molecular weight is 274 g/mol. The number of hydrogen-bond acceptors (Lipinski definition) is 7. The number of hydrogen-bond donors (Lipinski definition) is 3. The number of imidazole rings is 1. The fraction of sp³-hybridized carbons (Fsp3) is 0.200. The average Bonchev–Trinajstić information content (AvgIpc) is 3.06. The first-order valence-electron chi connectivity index (χ1n) is 5.77. The highest BCUT2D eigenvalue weighted by Gasteiger charge is 2.13. The maximum Gasteiger partial charge on any atom is 0.271 e. The summed E-state index contributed by atoms with van der Waals surface area (Å²) in [6, 6.07) is 4.24. The zero-order chi connectivity index (χ0) is 14.1. The smallest absolute Gasteiger partial charge is 0.271 e. The second-order valence-corrected chi connectivity index (χ2v) is 4.18. The van der Waals surface area contributed by atoms with Gasteiger partial charge in [-0.2, -0.15) is 5.21 Å². The van der Waals surface area contributed by atoms with E-state index < -0.39 is 4.92 Å². The summed E-state index contributed by atoms with van der Waals surface area (Å²) in [5.74, 6) is 0.981. The molecule has 102 valence electrons. The van der Waals surface area contributed by atoms with Crippen LogP contribution < -0.4 is 5.32 Å². The minimum atomic E-state index is -0.449. The predicted molar refractivity (Wildman–Crippen MR) is 69.0 cm³/mol. The number of benzene rings is 1. The van der Waals surface area contributed by atoms with Crippen molar-refractivity contribution in [1.82, 2.24) is 30.6 Å². The van der Waals surface area contributed by atoms with Gasteiger partial charge in [-0.1, -0.05) is 5.21 Å². The molecule has 1 unspecified atom stereocenters. The summed E-state index contributed by atoms with van der Waals surface area (Å²) in [6.45, 7) is 1.85. The van der Waals surface area contributed by atoms with Gasteiger partial charge in [0.05, 0.1) is 22.0 Å². The molecule has 3 rings (SSSR count). The quantitative estimate of drug-likeness (QED) is 0.479. The maximum atomic E-state index is 10.7. The van der Waals surface area contributed by atoms with Crippen molar-refractivity contribution < 1.29 is 4.92 Å². The fourth-order valence-corrected chi connectivity index (χ4v) is 1.80. The molecule has 3 aromatic rings. The summed E-state index contributed by atoms with van der Waals surface area (Å²) in [6.07, 6.45) is 0. The second kappa shape index (κ2) is 4.57. The van der Waals surface area contributed by atoms with Crippen LogP contribution in [0.2, 0.25) is 0 Å². The normalized spacial score (nSPS) is 12.4. The molecule has 0 radical (unpaired) electrons. The first-order valence-corrected chi connectivity index (χ1v) is 5.77. The van der Waals surface area contributed by atoms with E-state index in [1.807, 2.05) is 6.92 Å². The molecule has 1 aromatic carbocycles. The van der Waals surface area contributed by atoms with E-state index in [4.69, 9.17) is 0 Å². The summed E-state index contributed by atoms with van der Waals surface area (Å²) < 4.78 is 0. The lowest BCUT2D eigenvalue weighted by atomic mass is 10.3. The van der Waals surface area contributed by atoms with Crippen molar-refractivity contribution in [2.45, 2.75) is 13.0 Å². The van der Waals surface area contributed by atoms with Gasteiger partial charge in [-0.05, 0) is 13.0 Å². The molecule has 0 amide bonds. The lowest BCUT2D eigenvalue weighted by molar-refractivity contribution is -0.384. The van der Waals surface area contributed by atoms with E-state index in [2.05, 4.69) is 35.9 Å². The first-order chi connectivity index (χ1) is 9.63. The molecule has 0 aliphatic carbocycles. The van der Waals surface area contributed by atoms with Gasteiger partial charge in [-0.3, -0.25) is 10.1 Å². The fourth-order valence-electron chi connectivity index (χ4n) is 1.80. The highest BCUT2D eigenvalue weighted by atomic mass is 16.6. The molecule has 0 saturated heterocycles. The van der Waals surface area contributed by atoms with Gasteiger partial charge >= 0.3 is 0 Å². The van der Waals surface area contributed by atoms with Gasteiger partial charge in [-0.25, -0.2) is 4.98 Å². The Morgan fingerprint density at radius 3 is 3.00 bits per heavy atom. The molecule has 2 heterocycles. The van der Waals surface area contributed by atoms with Gasteiger partial charge in [0.1, 0.15) is 0 Å². The molecule has 10 heteroatoms. The van der Waals surface area contributed by atoms with E-state index in [1.165, 1.54) is 12.1 Å². The van der Waals surface area contributed by atoms with Crippen LogP contribution >= 0.6 is 0 Å². The van der Waals surface area contributed by atoms with Crippen molar-refractivity contribution in [2.75, 3.05) is 5.32 Å². The number of tetrazole rings is 1. The standard InChI is InChI=1S/C10H10N8O2/c1-5(9-14-16-17-15-9)11-10-12-7-3-2-6(18(19)20)4-8(7)13-10/h2-5H,1H3,(H2,11,12,13)(H,14,15,16,17). The second-order valence-electron chi connectivity index (χ2n) is 4.18. The van der Waals surface area contributed by atoms with Crippen molar-refractivity contribution in [2.24, 2.45) is 0 Å². The van der Waals surface area contributed by atoms with Gasteiger partial charge < -0.3 is 10.3 Å². The summed E-state index contributed by atoms with van der Waals surface area (Å²) in [5, 5.41) is 27.3. The van der Waals surface area contributed by atoms with Crippen LogP contribution in [0.3, 0.4) is 0 Å². The van der Waals surface area contributed by atoms with Crippen molar-refractivity contribution in [3.05, 3.63) is 34.1 Å². The number of anilines is 1. The summed E-state index contributed by atoms with van der Waals surface area (Å²) in [7, 11) is 0. The first kappa shape index (κ1) is 12.0. The van der Waals surface area contributed by atoms with Crippen LogP contribution in [0.15, 0.2) is 18.2 Å². The third-order valence-corrected chi connectivity index (χ3v) is 2.78. The van der Waals surface area contributed by atoms with Crippen LogP contribution in [0.4, 0.5) is 11.6 Å². The van der Waals surface area contributed by atoms with Crippen LogP contribution in [0.1, 0.15) is 18.8 Å². The summed E-state index contributed by atoms with van der Waals surface area (Å²) in [4.78, 5) is 17.5. The summed E-state index contributed by atoms with van der Waals surface area (Å²) in [5.41, 5.74) is 1.24. The highest BCUT2D eigenvalue weighted by Crippen LogP contribution is 2.22. The Kier molecular flexibility index (Phi) is 2.75. The molecule has 0 fully saturated rings. The predicted octanol–water partition coefficient (Wildman–Crippen LogP) is 1.16. The van der Waals surface area contributed by atoms with Gasteiger partial charge in [-0.15, -0.1) is 10.2 Å². The zero-order valence-electron chi connectivity index (χ0n) is 10.4. The van der Waals surface area contributed by atoms with E-state index >= 15 is 0 Å². The van der Waals surface area contributed by atoms with Crippen LogP contribution in [0.25, 0.3) is 11.0 Å². The largest absolute Gasteiger partial charge is 0.346 e. The van der Waals surface area contributed by atoms with Gasteiger partial charge in [0.2, 0.25) is 5.95 Å². The Hall–Kier alpha value is -3.04. The Bertz CT molecular complexity index is 750. The number of nitrogens with zero attached hydrogens (tertiary/aromatic N) is 5. The molecule has 10 nitrogen and oxygen atoms in total. The van der Waals surface area contributed by atoms with Crippen LogP contribution in [-0.4, -0.2) is 35.5 Å². The number of rotatable bonds is 4. The number of nitro groups is 1. The minimum Gasteiger partial charge on any atom is -0.346 e. The molecule has 0 saturated carbocycles. The number of nitro benzene ring substituents is 1. The van der Waals surface area contributed by atoms with Crippen molar-refractivity contribution >= 4 is 22.7 Å². The Balaban J connectivity index is 1.87. The van der Waals surface area contributed by atoms with Gasteiger partial charge in [0.15, 0.2) is 5.82 Å². The SMILES string of the molecule is CC(Nc1nc2ccc([N+](=O)[O-])cc2[nH]1)c1nn[nH]n1. The van der Waals surface area contributed by atoms with Crippen LogP contribution in [0.5, 0.6) is 0 Å². The molecular weight excluding hydrogens is 264 g/mol. The van der Waals surface area contributed by atoms with Gasteiger partial charge in [0, 0.05) is 12.1 Å². The molecule has 1 atom stereocenters. The molecular formula is C10H10N8O2. The molecule has 0 spiro atoms. The number of aromatic nitrogens is 6. The van der Waals surface area contributed by atoms with Crippen LogP contribution in [0, 0.1) is 10.1 Å². The monoisotopic (exact) mass is 274 g/mol. The molecule has 3 N–H and O–H groups in total. The van der Waals surface area contributed by atoms with Crippen molar-refractivity contribution in [3.63, 3.8) is 0 Å². The van der Waals surface area contributed by atoms with E-state index in [0.717, 1.165) is 0 Å². The van der Waals surface area contributed by atoms with E-state index in [-0.39, 0.29) is 11.7 Å². The zero-order valence-corrected chi connectivity index (χ0v) is 10.4. The van der Waals surface area contributed by atoms with Crippen molar-refractivity contribution in [1.29, 1.82) is 0 Å². The van der Waals surface area contributed by atoms with E-state index in [9.17, 15) is 10.1 Å². The van der Waals surface area contributed by atoms with E-state index in [1.54, 1.807) is 6.07 Å². The minimum absolute atomic E-state index is 0.0129. The molecule has 20 heavy (non-hydrogen) atoms. The maximum absolute atomic E-state index is 10.7. The molecule has 2 aromatic heterocycles. The molecule has 0 bridgehead atoms. The number of fused-ring (bicyclic) bond motifs is 1. The Labute approximate surface area is 111 Å². The number of nitrogens with one attached hydrogen (secondary N) is 3. The number of H-pyrrole nitrogens is 2.